The van der Waals surface area contributed by atoms with Crippen LogP contribution in [0.1, 0.15) is 52.4 Å². The topological polar surface area (TPSA) is 33.0 Å². The SMILES string of the molecule is CCCCCC(CC)OCCC#N. The molecule has 0 aromatic heterocycles. The van der Waals surface area contributed by atoms with Gasteiger partial charge in [-0.1, -0.05) is 33.1 Å². The van der Waals surface area contributed by atoms with Gasteiger partial charge in [-0.3, -0.25) is 0 Å². The van der Waals surface area contributed by atoms with E-state index in [-0.39, 0.29) is 0 Å². The summed E-state index contributed by atoms with van der Waals surface area (Å²) in [6.45, 7) is 4.95. The lowest BCUT2D eigenvalue weighted by atomic mass is 10.1. The van der Waals surface area contributed by atoms with E-state index >= 15 is 0 Å². The fraction of sp³-hybridized carbons (Fsp3) is 0.909. The van der Waals surface area contributed by atoms with Crippen LogP contribution in [-0.2, 0) is 4.74 Å². The number of unbranched alkanes of at least 4 members (excludes halogenated alkanes) is 2. The molecular formula is C11H21NO. The first-order valence-corrected chi connectivity index (χ1v) is 5.33. The van der Waals surface area contributed by atoms with Crippen molar-refractivity contribution in [1.82, 2.24) is 0 Å². The highest BCUT2D eigenvalue weighted by atomic mass is 16.5. The molecule has 1 atom stereocenters. The Balaban J connectivity index is 3.35. The molecule has 0 N–H and O–H groups in total. The van der Waals surface area contributed by atoms with Crippen molar-refractivity contribution in [3.05, 3.63) is 0 Å². The average Bonchev–Trinajstić information content (AvgIpc) is 2.16. The largest absolute Gasteiger partial charge is 0.377 e. The molecule has 0 spiro atoms. The molecule has 0 aliphatic rings. The van der Waals surface area contributed by atoms with Crippen molar-refractivity contribution in [2.75, 3.05) is 6.61 Å². The third kappa shape index (κ3) is 7.80. The summed E-state index contributed by atoms with van der Waals surface area (Å²) in [5.41, 5.74) is 0. The van der Waals surface area contributed by atoms with Crippen LogP contribution in [0.15, 0.2) is 0 Å². The molecule has 0 aliphatic carbocycles. The van der Waals surface area contributed by atoms with Crippen LogP contribution >= 0.6 is 0 Å². The molecule has 76 valence electrons. The van der Waals surface area contributed by atoms with E-state index in [0.717, 1.165) is 12.8 Å². The molecule has 1 unspecified atom stereocenters. The molecule has 2 heteroatoms. The van der Waals surface area contributed by atoms with Gasteiger partial charge in [-0.25, -0.2) is 0 Å². The highest BCUT2D eigenvalue weighted by Gasteiger charge is 2.04. The monoisotopic (exact) mass is 183 g/mol. The van der Waals surface area contributed by atoms with Gasteiger partial charge in [0.25, 0.3) is 0 Å². The summed E-state index contributed by atoms with van der Waals surface area (Å²) < 4.78 is 5.56. The van der Waals surface area contributed by atoms with Gasteiger partial charge in [0.2, 0.25) is 0 Å². The first-order chi connectivity index (χ1) is 6.35. The second kappa shape index (κ2) is 9.54. The Morgan fingerprint density at radius 2 is 2.08 bits per heavy atom. The Hall–Kier alpha value is -0.550. The third-order valence-corrected chi connectivity index (χ3v) is 2.15. The molecule has 13 heavy (non-hydrogen) atoms. The van der Waals surface area contributed by atoms with Crippen LogP contribution in [0.4, 0.5) is 0 Å². The Labute approximate surface area is 81.9 Å². The van der Waals surface area contributed by atoms with Gasteiger partial charge in [0.05, 0.1) is 25.2 Å². The summed E-state index contributed by atoms with van der Waals surface area (Å²) in [7, 11) is 0. The van der Waals surface area contributed by atoms with Crippen molar-refractivity contribution in [2.45, 2.75) is 58.5 Å². The third-order valence-electron chi connectivity index (χ3n) is 2.15. The van der Waals surface area contributed by atoms with E-state index in [1.165, 1.54) is 19.3 Å². The van der Waals surface area contributed by atoms with E-state index < -0.39 is 0 Å². The van der Waals surface area contributed by atoms with Gasteiger partial charge in [0.1, 0.15) is 0 Å². The molecular weight excluding hydrogens is 162 g/mol. The van der Waals surface area contributed by atoms with Crippen LogP contribution in [0.5, 0.6) is 0 Å². The van der Waals surface area contributed by atoms with Gasteiger partial charge < -0.3 is 4.74 Å². The maximum Gasteiger partial charge on any atom is 0.0645 e. The summed E-state index contributed by atoms with van der Waals surface area (Å²) in [4.78, 5) is 0. The number of nitrogens with zero attached hydrogens (tertiary/aromatic N) is 1. The summed E-state index contributed by atoms with van der Waals surface area (Å²) >= 11 is 0. The zero-order chi connectivity index (χ0) is 9.94. The fourth-order valence-electron chi connectivity index (χ4n) is 1.30. The van der Waals surface area contributed by atoms with Crippen molar-refractivity contribution in [3.63, 3.8) is 0 Å². The van der Waals surface area contributed by atoms with E-state index in [2.05, 4.69) is 19.9 Å². The summed E-state index contributed by atoms with van der Waals surface area (Å²) in [6.07, 6.45) is 6.91. The van der Waals surface area contributed by atoms with Crippen LogP contribution in [-0.4, -0.2) is 12.7 Å². The van der Waals surface area contributed by atoms with Crippen molar-refractivity contribution in [2.24, 2.45) is 0 Å². The van der Waals surface area contributed by atoms with Crippen LogP contribution in [0.3, 0.4) is 0 Å². The maximum absolute atomic E-state index is 8.34. The van der Waals surface area contributed by atoms with Gasteiger partial charge in [-0.05, 0) is 12.8 Å². The normalized spacial score (nSPS) is 12.4. The smallest absolute Gasteiger partial charge is 0.0645 e. The van der Waals surface area contributed by atoms with Gasteiger partial charge in [0, 0.05) is 0 Å². The Kier molecular flexibility index (Phi) is 9.13. The Morgan fingerprint density at radius 3 is 2.62 bits per heavy atom. The Bertz CT molecular complexity index is 140. The van der Waals surface area contributed by atoms with Crippen LogP contribution in [0, 0.1) is 11.3 Å². The van der Waals surface area contributed by atoms with Crippen LogP contribution < -0.4 is 0 Å². The van der Waals surface area contributed by atoms with E-state index in [1.54, 1.807) is 0 Å². The molecule has 0 bridgehead atoms. The molecule has 0 saturated heterocycles. The van der Waals surface area contributed by atoms with E-state index in [9.17, 15) is 0 Å². The minimum atomic E-state index is 0.375. The van der Waals surface area contributed by atoms with Gasteiger partial charge in [-0.2, -0.15) is 5.26 Å². The summed E-state index contributed by atoms with van der Waals surface area (Å²) in [5.74, 6) is 0. The Morgan fingerprint density at radius 1 is 1.31 bits per heavy atom. The zero-order valence-electron chi connectivity index (χ0n) is 8.88. The second-order valence-electron chi connectivity index (χ2n) is 3.30. The predicted molar refractivity (Wildman–Crippen MR) is 54.4 cm³/mol. The van der Waals surface area contributed by atoms with Crippen LogP contribution in [0.2, 0.25) is 0 Å². The standard InChI is InChI=1S/C11H21NO/c1-3-5-6-8-11(4-2)13-10-7-9-12/h11H,3-8,10H2,1-2H3. The maximum atomic E-state index is 8.34. The lowest BCUT2D eigenvalue weighted by Crippen LogP contribution is -2.12. The first kappa shape index (κ1) is 12.4. The van der Waals surface area contributed by atoms with E-state index in [0.29, 0.717) is 19.1 Å². The van der Waals surface area contributed by atoms with Gasteiger partial charge in [0.15, 0.2) is 0 Å². The molecule has 0 radical (unpaired) electrons. The average molecular weight is 183 g/mol. The predicted octanol–water partition coefficient (Wildman–Crippen LogP) is 3.28. The van der Waals surface area contributed by atoms with Gasteiger partial charge >= 0.3 is 0 Å². The number of rotatable bonds is 8. The number of hydrogen-bond acceptors (Lipinski definition) is 2. The molecule has 2 nitrogen and oxygen atoms in total. The van der Waals surface area contributed by atoms with Crippen molar-refractivity contribution >= 4 is 0 Å². The summed E-state index contributed by atoms with van der Waals surface area (Å²) in [6, 6.07) is 2.09. The number of nitriles is 1. The van der Waals surface area contributed by atoms with Crippen molar-refractivity contribution in [3.8, 4) is 6.07 Å². The molecule has 0 fully saturated rings. The molecule has 0 aromatic carbocycles. The lowest BCUT2D eigenvalue weighted by Gasteiger charge is -2.14. The highest BCUT2D eigenvalue weighted by Crippen LogP contribution is 2.09. The summed E-state index contributed by atoms with van der Waals surface area (Å²) in [5, 5.41) is 8.34. The lowest BCUT2D eigenvalue weighted by molar-refractivity contribution is 0.0469. The molecule has 0 heterocycles. The minimum absolute atomic E-state index is 0.375. The fourth-order valence-corrected chi connectivity index (χ4v) is 1.30. The first-order valence-electron chi connectivity index (χ1n) is 5.33. The molecule has 0 saturated carbocycles. The second-order valence-corrected chi connectivity index (χ2v) is 3.30. The quantitative estimate of drug-likeness (QED) is 0.541. The van der Waals surface area contributed by atoms with Crippen molar-refractivity contribution < 1.29 is 4.74 Å². The molecule has 0 aromatic rings. The minimum Gasteiger partial charge on any atom is -0.377 e. The van der Waals surface area contributed by atoms with Crippen LogP contribution in [0.25, 0.3) is 0 Å². The number of hydrogen-bond donors (Lipinski definition) is 0. The molecule has 0 rings (SSSR count). The molecule has 0 aliphatic heterocycles. The van der Waals surface area contributed by atoms with Crippen molar-refractivity contribution in [1.29, 1.82) is 5.26 Å². The van der Waals surface area contributed by atoms with E-state index in [4.69, 9.17) is 10.00 Å². The van der Waals surface area contributed by atoms with E-state index in [1.807, 2.05) is 0 Å². The zero-order valence-corrected chi connectivity index (χ0v) is 8.88. The molecule has 0 amide bonds. The number of ether oxygens (including phenoxy) is 1. The highest BCUT2D eigenvalue weighted by molar-refractivity contribution is 4.68. The van der Waals surface area contributed by atoms with Gasteiger partial charge in [-0.15, -0.1) is 0 Å².